The number of aromatic amines is 1. The summed E-state index contributed by atoms with van der Waals surface area (Å²) in [6, 6.07) is 5.54. The molecule has 3 aromatic rings. The number of hydrogen-bond acceptors (Lipinski definition) is 3. The van der Waals surface area contributed by atoms with Crippen LogP contribution in [0.1, 0.15) is 33.1 Å². The molecule has 25 heavy (non-hydrogen) atoms. The summed E-state index contributed by atoms with van der Waals surface area (Å²) in [6.07, 6.45) is 5.03. The highest BCUT2D eigenvalue weighted by atomic mass is 35.5. The minimum absolute atomic E-state index is 0.0195. The summed E-state index contributed by atoms with van der Waals surface area (Å²) in [4.78, 5) is 22.9. The third-order valence-corrected chi connectivity index (χ3v) is 4.92. The van der Waals surface area contributed by atoms with Gasteiger partial charge in [-0.3, -0.25) is 9.36 Å². The molecule has 1 N–H and O–H groups in total. The number of aromatic nitrogens is 3. The van der Waals surface area contributed by atoms with Crippen molar-refractivity contribution in [1.29, 1.82) is 0 Å². The molecule has 0 aliphatic carbocycles. The van der Waals surface area contributed by atoms with Gasteiger partial charge in [-0.05, 0) is 50.7 Å². The normalized spacial score (nSPS) is 11.8. The first kappa shape index (κ1) is 18.0. The summed E-state index contributed by atoms with van der Waals surface area (Å²) in [5.74, 6) is 0. The fourth-order valence-corrected chi connectivity index (χ4v) is 3.37. The topological polar surface area (TPSA) is 53.9 Å². The molecule has 0 aliphatic rings. The molecule has 0 bridgehead atoms. The van der Waals surface area contributed by atoms with Crippen LogP contribution in [0, 0.1) is 0 Å². The van der Waals surface area contributed by atoms with Crippen LogP contribution in [0.15, 0.2) is 29.3 Å². The zero-order chi connectivity index (χ0) is 17.8. The fraction of sp³-hybridized carbons (Fsp3) is 0.474. The van der Waals surface area contributed by atoms with Gasteiger partial charge in [0.25, 0.3) is 5.56 Å². The number of rotatable bonds is 8. The molecule has 2 heterocycles. The van der Waals surface area contributed by atoms with E-state index in [9.17, 15) is 4.79 Å². The van der Waals surface area contributed by atoms with Crippen LogP contribution in [0.5, 0.6) is 0 Å². The highest BCUT2D eigenvalue weighted by Crippen LogP contribution is 2.24. The third kappa shape index (κ3) is 3.88. The number of benzene rings is 1. The van der Waals surface area contributed by atoms with E-state index in [0.717, 1.165) is 37.0 Å². The second kappa shape index (κ2) is 8.02. The Morgan fingerprint density at radius 3 is 2.80 bits per heavy atom. The van der Waals surface area contributed by atoms with Gasteiger partial charge in [-0.15, -0.1) is 0 Å². The number of fused-ring (bicyclic) bond motifs is 3. The Morgan fingerprint density at radius 1 is 1.24 bits per heavy atom. The maximum absolute atomic E-state index is 12.7. The Kier molecular flexibility index (Phi) is 5.76. The molecule has 0 radical (unpaired) electrons. The van der Waals surface area contributed by atoms with Crippen LogP contribution in [-0.4, -0.2) is 39.1 Å². The molecular formula is C19H25ClN4O. The van der Waals surface area contributed by atoms with Gasteiger partial charge < -0.3 is 9.88 Å². The highest BCUT2D eigenvalue weighted by Gasteiger charge is 2.11. The van der Waals surface area contributed by atoms with Crippen LogP contribution in [0.4, 0.5) is 0 Å². The number of nitrogens with one attached hydrogen (secondary N) is 1. The van der Waals surface area contributed by atoms with Crippen LogP contribution in [0.25, 0.3) is 21.9 Å². The maximum atomic E-state index is 12.7. The summed E-state index contributed by atoms with van der Waals surface area (Å²) >= 11 is 6.07. The summed E-state index contributed by atoms with van der Waals surface area (Å²) in [6.45, 7) is 8.26. The second-order valence-corrected chi connectivity index (χ2v) is 6.86. The number of H-pyrrole nitrogens is 1. The van der Waals surface area contributed by atoms with Crippen molar-refractivity contribution >= 4 is 33.5 Å². The Bertz CT molecular complexity index is 915. The minimum Gasteiger partial charge on any atom is -0.349 e. The monoisotopic (exact) mass is 360 g/mol. The molecule has 1 aromatic carbocycles. The quantitative estimate of drug-likeness (QED) is 0.659. The van der Waals surface area contributed by atoms with Gasteiger partial charge >= 0.3 is 0 Å². The van der Waals surface area contributed by atoms with Crippen LogP contribution < -0.4 is 5.56 Å². The zero-order valence-electron chi connectivity index (χ0n) is 14.9. The van der Waals surface area contributed by atoms with Gasteiger partial charge in [0.15, 0.2) is 0 Å². The first-order chi connectivity index (χ1) is 12.1. The van der Waals surface area contributed by atoms with Crippen molar-refractivity contribution in [2.45, 2.75) is 39.7 Å². The van der Waals surface area contributed by atoms with Crippen molar-refractivity contribution < 1.29 is 0 Å². The first-order valence-electron chi connectivity index (χ1n) is 9.02. The molecule has 0 atom stereocenters. The van der Waals surface area contributed by atoms with Crippen molar-refractivity contribution in [3.8, 4) is 0 Å². The molecule has 6 heteroatoms. The van der Waals surface area contributed by atoms with Gasteiger partial charge in [0.1, 0.15) is 11.0 Å². The van der Waals surface area contributed by atoms with E-state index in [2.05, 4.69) is 28.7 Å². The molecule has 2 aromatic heterocycles. The van der Waals surface area contributed by atoms with E-state index in [1.165, 1.54) is 12.8 Å². The van der Waals surface area contributed by atoms with E-state index in [1.807, 2.05) is 18.2 Å². The Balaban J connectivity index is 1.78. The molecule has 0 spiro atoms. The van der Waals surface area contributed by atoms with Crippen molar-refractivity contribution in [3.63, 3.8) is 0 Å². The summed E-state index contributed by atoms with van der Waals surface area (Å²) in [5.41, 5.74) is 2.11. The van der Waals surface area contributed by atoms with Crippen LogP contribution in [-0.2, 0) is 6.54 Å². The lowest BCUT2D eigenvalue weighted by atomic mass is 10.2. The SMILES string of the molecule is CCCCN(CC)CCCn1cnc2c([nH]c3ccc(Cl)cc32)c1=O. The molecule has 0 saturated heterocycles. The minimum atomic E-state index is -0.0195. The molecule has 0 fully saturated rings. The number of hydrogen-bond donors (Lipinski definition) is 1. The second-order valence-electron chi connectivity index (χ2n) is 6.42. The largest absolute Gasteiger partial charge is 0.349 e. The van der Waals surface area contributed by atoms with Gasteiger partial charge in [0.05, 0.1) is 6.33 Å². The number of halogens is 1. The predicted molar refractivity (Wildman–Crippen MR) is 105 cm³/mol. The first-order valence-corrected chi connectivity index (χ1v) is 9.40. The standard InChI is InChI=1S/C19H25ClN4O/c1-3-5-9-23(4-2)10-6-11-24-13-21-17-15-12-14(20)7-8-16(15)22-18(17)19(24)25/h7-8,12-13,22H,3-6,9-11H2,1-2H3. The molecular weight excluding hydrogens is 336 g/mol. The van der Waals surface area contributed by atoms with Crippen molar-refractivity contribution in [1.82, 2.24) is 19.4 Å². The lowest BCUT2D eigenvalue weighted by molar-refractivity contribution is 0.274. The van der Waals surface area contributed by atoms with E-state index in [0.29, 0.717) is 22.6 Å². The maximum Gasteiger partial charge on any atom is 0.277 e. The van der Waals surface area contributed by atoms with Crippen LogP contribution >= 0.6 is 11.6 Å². The number of nitrogens with zero attached hydrogens (tertiary/aromatic N) is 3. The molecule has 134 valence electrons. The lowest BCUT2D eigenvalue weighted by Gasteiger charge is -2.20. The Labute approximate surface area is 152 Å². The smallest absolute Gasteiger partial charge is 0.277 e. The molecule has 0 amide bonds. The van der Waals surface area contributed by atoms with E-state index < -0.39 is 0 Å². The fourth-order valence-electron chi connectivity index (χ4n) is 3.20. The van der Waals surface area contributed by atoms with Gasteiger partial charge in [0.2, 0.25) is 0 Å². The van der Waals surface area contributed by atoms with Gasteiger partial charge in [0, 0.05) is 22.5 Å². The molecule has 5 nitrogen and oxygen atoms in total. The van der Waals surface area contributed by atoms with Crippen molar-refractivity contribution in [2.75, 3.05) is 19.6 Å². The predicted octanol–water partition coefficient (Wildman–Crippen LogP) is 4.04. The van der Waals surface area contributed by atoms with Crippen molar-refractivity contribution in [3.05, 3.63) is 39.9 Å². The highest BCUT2D eigenvalue weighted by molar-refractivity contribution is 6.31. The number of aryl methyl sites for hydroxylation is 1. The van der Waals surface area contributed by atoms with E-state index >= 15 is 0 Å². The average molecular weight is 361 g/mol. The number of unbranched alkanes of at least 4 members (excludes halogenated alkanes) is 1. The zero-order valence-corrected chi connectivity index (χ0v) is 15.6. The Hall–Kier alpha value is -1.85. The molecule has 3 rings (SSSR count). The summed E-state index contributed by atoms with van der Waals surface area (Å²) in [5, 5.41) is 1.54. The van der Waals surface area contributed by atoms with E-state index in [1.54, 1.807) is 10.9 Å². The van der Waals surface area contributed by atoms with Gasteiger partial charge in [-0.2, -0.15) is 0 Å². The van der Waals surface area contributed by atoms with Crippen LogP contribution in [0.3, 0.4) is 0 Å². The van der Waals surface area contributed by atoms with Gasteiger partial charge in [-0.1, -0.05) is 31.9 Å². The van der Waals surface area contributed by atoms with Crippen molar-refractivity contribution in [2.24, 2.45) is 0 Å². The average Bonchev–Trinajstić information content (AvgIpc) is 2.98. The third-order valence-electron chi connectivity index (χ3n) is 4.68. The Morgan fingerprint density at radius 2 is 2.04 bits per heavy atom. The summed E-state index contributed by atoms with van der Waals surface area (Å²) in [7, 11) is 0. The summed E-state index contributed by atoms with van der Waals surface area (Å²) < 4.78 is 1.70. The lowest BCUT2D eigenvalue weighted by Crippen LogP contribution is -2.28. The molecule has 0 aliphatic heterocycles. The molecule has 0 saturated carbocycles. The van der Waals surface area contributed by atoms with E-state index in [4.69, 9.17) is 11.6 Å². The van der Waals surface area contributed by atoms with Crippen LogP contribution in [0.2, 0.25) is 5.02 Å². The van der Waals surface area contributed by atoms with Gasteiger partial charge in [-0.25, -0.2) is 4.98 Å². The molecule has 0 unspecified atom stereocenters. The van der Waals surface area contributed by atoms with E-state index in [-0.39, 0.29) is 5.56 Å².